The first-order chi connectivity index (χ1) is 10.1. The van der Waals surface area contributed by atoms with Gasteiger partial charge in [-0.3, -0.25) is 19.8 Å². The number of rotatable bonds is 6. The van der Waals surface area contributed by atoms with Crippen molar-refractivity contribution >= 4 is 11.8 Å². The Morgan fingerprint density at radius 1 is 1.33 bits per heavy atom. The van der Waals surface area contributed by atoms with E-state index in [4.69, 9.17) is 4.74 Å². The van der Waals surface area contributed by atoms with E-state index in [2.05, 4.69) is 5.32 Å². The third-order valence-electron chi connectivity index (χ3n) is 3.76. The Morgan fingerprint density at radius 2 is 2.00 bits per heavy atom. The summed E-state index contributed by atoms with van der Waals surface area (Å²) < 4.78 is 5.13. The molecule has 1 saturated heterocycles. The van der Waals surface area contributed by atoms with Gasteiger partial charge in [-0.25, -0.2) is 0 Å². The van der Waals surface area contributed by atoms with E-state index in [1.54, 1.807) is 7.11 Å². The summed E-state index contributed by atoms with van der Waals surface area (Å²) in [7, 11) is 1.63. The van der Waals surface area contributed by atoms with Crippen LogP contribution in [0.3, 0.4) is 0 Å². The molecule has 1 aromatic carbocycles. The molecule has 2 unspecified atom stereocenters. The number of carbonyl (C=O) groups excluding carboxylic acids is 2. The van der Waals surface area contributed by atoms with Gasteiger partial charge in [0.1, 0.15) is 5.75 Å². The van der Waals surface area contributed by atoms with Crippen molar-refractivity contribution in [2.45, 2.75) is 38.8 Å². The third kappa shape index (κ3) is 3.42. The van der Waals surface area contributed by atoms with E-state index in [1.807, 2.05) is 38.1 Å². The first-order valence-electron chi connectivity index (χ1n) is 7.31. The average Bonchev–Trinajstić information content (AvgIpc) is 2.75. The van der Waals surface area contributed by atoms with E-state index in [0.29, 0.717) is 6.54 Å². The molecule has 2 rings (SSSR count). The molecule has 1 heterocycles. The summed E-state index contributed by atoms with van der Waals surface area (Å²) in [4.78, 5) is 25.4. The Hall–Kier alpha value is -1.88. The van der Waals surface area contributed by atoms with Crippen molar-refractivity contribution in [3.63, 3.8) is 0 Å². The molecular weight excluding hydrogens is 268 g/mol. The van der Waals surface area contributed by atoms with E-state index >= 15 is 0 Å². The summed E-state index contributed by atoms with van der Waals surface area (Å²) in [6.45, 7) is 4.45. The highest BCUT2D eigenvalue weighted by atomic mass is 16.5. The SMILES string of the molecule is CCCN1C(=O)CC(NC(C)c2ccc(OC)cc2)C1=O. The van der Waals surface area contributed by atoms with Crippen LogP contribution in [0.25, 0.3) is 0 Å². The maximum atomic E-state index is 12.2. The number of ether oxygens (including phenoxy) is 1. The van der Waals surface area contributed by atoms with E-state index in [9.17, 15) is 9.59 Å². The van der Waals surface area contributed by atoms with Crippen molar-refractivity contribution in [1.82, 2.24) is 10.2 Å². The molecule has 0 bridgehead atoms. The molecule has 0 radical (unpaired) electrons. The zero-order valence-corrected chi connectivity index (χ0v) is 12.8. The number of nitrogens with one attached hydrogen (secondary N) is 1. The Kier molecular flexibility index (Phi) is 4.96. The fraction of sp³-hybridized carbons (Fsp3) is 0.500. The number of amides is 2. The second kappa shape index (κ2) is 6.72. The van der Waals surface area contributed by atoms with Gasteiger partial charge in [-0.15, -0.1) is 0 Å². The van der Waals surface area contributed by atoms with Crippen LogP contribution < -0.4 is 10.1 Å². The van der Waals surface area contributed by atoms with Gasteiger partial charge in [0.2, 0.25) is 11.8 Å². The summed E-state index contributed by atoms with van der Waals surface area (Å²) in [6.07, 6.45) is 1.04. The molecule has 0 saturated carbocycles. The molecule has 1 N–H and O–H groups in total. The van der Waals surface area contributed by atoms with Gasteiger partial charge in [0.25, 0.3) is 0 Å². The third-order valence-corrected chi connectivity index (χ3v) is 3.76. The van der Waals surface area contributed by atoms with Gasteiger partial charge in [0.15, 0.2) is 0 Å². The molecule has 0 aliphatic carbocycles. The summed E-state index contributed by atoms with van der Waals surface area (Å²) in [5, 5.41) is 3.25. The number of benzene rings is 1. The molecule has 0 spiro atoms. The summed E-state index contributed by atoms with van der Waals surface area (Å²) in [5.74, 6) is 0.607. The molecule has 2 amide bonds. The van der Waals surface area contributed by atoms with Gasteiger partial charge in [0.05, 0.1) is 19.6 Å². The molecule has 5 heteroatoms. The van der Waals surface area contributed by atoms with E-state index in [1.165, 1.54) is 4.90 Å². The molecule has 21 heavy (non-hydrogen) atoms. The molecule has 1 fully saturated rings. The highest BCUT2D eigenvalue weighted by Gasteiger charge is 2.38. The van der Waals surface area contributed by atoms with Crippen molar-refractivity contribution in [3.8, 4) is 5.75 Å². The molecule has 5 nitrogen and oxygen atoms in total. The largest absolute Gasteiger partial charge is 0.497 e. The van der Waals surface area contributed by atoms with Crippen molar-refractivity contribution in [2.24, 2.45) is 0 Å². The molecule has 2 atom stereocenters. The molecule has 0 aromatic heterocycles. The van der Waals surface area contributed by atoms with Crippen LogP contribution in [0.15, 0.2) is 24.3 Å². The summed E-state index contributed by atoms with van der Waals surface area (Å²) in [6, 6.07) is 7.28. The second-order valence-electron chi connectivity index (χ2n) is 5.30. The van der Waals surface area contributed by atoms with Gasteiger partial charge in [0, 0.05) is 12.6 Å². The molecule has 1 aliphatic rings. The topological polar surface area (TPSA) is 58.6 Å². The maximum absolute atomic E-state index is 12.2. The summed E-state index contributed by atoms with van der Waals surface area (Å²) in [5.41, 5.74) is 1.06. The first-order valence-corrected chi connectivity index (χ1v) is 7.31. The van der Waals surface area contributed by atoms with Crippen LogP contribution in [-0.2, 0) is 9.59 Å². The fourth-order valence-electron chi connectivity index (χ4n) is 2.56. The van der Waals surface area contributed by atoms with Crippen LogP contribution in [0.5, 0.6) is 5.75 Å². The lowest BCUT2D eigenvalue weighted by Crippen LogP contribution is -2.40. The second-order valence-corrected chi connectivity index (χ2v) is 5.30. The highest BCUT2D eigenvalue weighted by Crippen LogP contribution is 2.21. The van der Waals surface area contributed by atoms with Crippen LogP contribution in [0, 0.1) is 0 Å². The van der Waals surface area contributed by atoms with Gasteiger partial charge < -0.3 is 4.74 Å². The van der Waals surface area contributed by atoms with Crippen molar-refractivity contribution in [3.05, 3.63) is 29.8 Å². The van der Waals surface area contributed by atoms with Crippen LogP contribution in [-0.4, -0.2) is 36.4 Å². The van der Waals surface area contributed by atoms with E-state index in [-0.39, 0.29) is 24.3 Å². The van der Waals surface area contributed by atoms with Gasteiger partial charge in [-0.2, -0.15) is 0 Å². The van der Waals surface area contributed by atoms with E-state index < -0.39 is 6.04 Å². The molecule has 114 valence electrons. The van der Waals surface area contributed by atoms with Gasteiger partial charge in [-0.1, -0.05) is 19.1 Å². The quantitative estimate of drug-likeness (QED) is 0.813. The predicted octanol–water partition coefficient (Wildman–Crippen LogP) is 1.88. The lowest BCUT2D eigenvalue weighted by atomic mass is 10.1. The van der Waals surface area contributed by atoms with Crippen molar-refractivity contribution in [1.29, 1.82) is 0 Å². The summed E-state index contributed by atoms with van der Waals surface area (Å²) >= 11 is 0. The monoisotopic (exact) mass is 290 g/mol. The average molecular weight is 290 g/mol. The van der Waals surface area contributed by atoms with Crippen molar-refractivity contribution < 1.29 is 14.3 Å². The van der Waals surface area contributed by atoms with Crippen LogP contribution in [0.2, 0.25) is 0 Å². The number of hydrogen-bond donors (Lipinski definition) is 1. The standard InChI is InChI=1S/C16H22N2O3/c1-4-9-18-15(19)10-14(16(18)20)17-11(2)12-5-7-13(21-3)8-6-12/h5-8,11,14,17H,4,9-10H2,1-3H3. The first kappa shape index (κ1) is 15.5. The zero-order valence-electron chi connectivity index (χ0n) is 12.8. The van der Waals surface area contributed by atoms with Gasteiger partial charge in [-0.05, 0) is 31.0 Å². The Balaban J connectivity index is 2.00. The van der Waals surface area contributed by atoms with E-state index in [0.717, 1.165) is 17.7 Å². The number of likely N-dealkylation sites (tertiary alicyclic amines) is 1. The Morgan fingerprint density at radius 3 is 2.57 bits per heavy atom. The lowest BCUT2D eigenvalue weighted by molar-refractivity contribution is -0.138. The highest BCUT2D eigenvalue weighted by molar-refractivity contribution is 6.05. The number of nitrogens with zero attached hydrogens (tertiary/aromatic N) is 1. The zero-order chi connectivity index (χ0) is 15.4. The minimum absolute atomic E-state index is 0.000711. The van der Waals surface area contributed by atoms with Crippen molar-refractivity contribution in [2.75, 3.05) is 13.7 Å². The number of imide groups is 1. The Bertz CT molecular complexity index is 513. The molecule has 1 aromatic rings. The predicted molar refractivity (Wildman–Crippen MR) is 80.0 cm³/mol. The number of methoxy groups -OCH3 is 1. The minimum atomic E-state index is -0.416. The molecule has 1 aliphatic heterocycles. The van der Waals surface area contributed by atoms with Crippen LogP contribution >= 0.6 is 0 Å². The van der Waals surface area contributed by atoms with Crippen LogP contribution in [0.1, 0.15) is 38.3 Å². The smallest absolute Gasteiger partial charge is 0.246 e. The minimum Gasteiger partial charge on any atom is -0.497 e. The fourth-order valence-corrected chi connectivity index (χ4v) is 2.56. The number of hydrogen-bond acceptors (Lipinski definition) is 4. The lowest BCUT2D eigenvalue weighted by Gasteiger charge is -2.19. The normalized spacial score (nSPS) is 20.0. The maximum Gasteiger partial charge on any atom is 0.246 e. The van der Waals surface area contributed by atoms with Crippen LogP contribution in [0.4, 0.5) is 0 Å². The number of carbonyl (C=O) groups is 2. The Labute approximate surface area is 125 Å². The molecular formula is C16H22N2O3. The van der Waals surface area contributed by atoms with Gasteiger partial charge >= 0.3 is 0 Å².